The second kappa shape index (κ2) is 6.73. The van der Waals surface area contributed by atoms with Crippen molar-refractivity contribution in [1.82, 2.24) is 15.1 Å². The first-order chi connectivity index (χ1) is 9.20. The first kappa shape index (κ1) is 14.1. The lowest BCUT2D eigenvalue weighted by atomic mass is 10.0. The topological polar surface area (TPSA) is 29.9 Å². The lowest BCUT2D eigenvalue weighted by molar-refractivity contribution is 0.481. The van der Waals surface area contributed by atoms with Gasteiger partial charge in [-0.15, -0.1) is 0 Å². The molecule has 3 nitrogen and oxygen atoms in total. The maximum absolute atomic E-state index is 5.94. The number of hydrogen-bond acceptors (Lipinski definition) is 2. The molecule has 0 spiro atoms. The van der Waals surface area contributed by atoms with Gasteiger partial charge in [0.2, 0.25) is 0 Å². The van der Waals surface area contributed by atoms with Gasteiger partial charge in [0.05, 0.1) is 5.69 Å². The van der Waals surface area contributed by atoms with Gasteiger partial charge in [0.15, 0.2) is 0 Å². The zero-order chi connectivity index (χ0) is 13.7. The van der Waals surface area contributed by atoms with Crippen LogP contribution in [0.1, 0.15) is 37.1 Å². The van der Waals surface area contributed by atoms with Crippen LogP contribution in [0, 0.1) is 0 Å². The summed E-state index contributed by atoms with van der Waals surface area (Å²) in [7, 11) is 1.97. The number of hydrogen-bond donors (Lipinski definition) is 1. The lowest BCUT2D eigenvalue weighted by Gasteiger charge is -2.18. The van der Waals surface area contributed by atoms with Crippen molar-refractivity contribution < 1.29 is 0 Å². The molecule has 19 heavy (non-hydrogen) atoms. The molecule has 0 bridgehead atoms. The standard InChI is InChI=1S/C15H20ClN3/c1-3-4-15(12-5-7-13(16)8-6-12)17-11-14-9-10-18-19(14)2/h5-10,15,17H,3-4,11H2,1-2H3. The van der Waals surface area contributed by atoms with Crippen LogP contribution in [0.5, 0.6) is 0 Å². The summed E-state index contributed by atoms with van der Waals surface area (Å²) in [4.78, 5) is 0. The van der Waals surface area contributed by atoms with Crippen LogP contribution in [0.25, 0.3) is 0 Å². The average molecular weight is 278 g/mol. The molecule has 1 aromatic heterocycles. The SMILES string of the molecule is CCCC(NCc1ccnn1C)c1ccc(Cl)cc1. The van der Waals surface area contributed by atoms with Crippen molar-refractivity contribution in [2.45, 2.75) is 32.4 Å². The van der Waals surface area contributed by atoms with Crippen LogP contribution < -0.4 is 5.32 Å². The molecule has 0 saturated heterocycles. The summed E-state index contributed by atoms with van der Waals surface area (Å²) in [5.74, 6) is 0. The van der Waals surface area contributed by atoms with E-state index in [0.717, 1.165) is 24.4 Å². The fourth-order valence-corrected chi connectivity index (χ4v) is 2.30. The summed E-state index contributed by atoms with van der Waals surface area (Å²) in [5, 5.41) is 8.56. The van der Waals surface area contributed by atoms with Gasteiger partial charge in [0.25, 0.3) is 0 Å². The third kappa shape index (κ3) is 3.82. The molecule has 102 valence electrons. The van der Waals surface area contributed by atoms with E-state index >= 15 is 0 Å². The van der Waals surface area contributed by atoms with Crippen LogP contribution >= 0.6 is 11.6 Å². The Morgan fingerprint density at radius 1 is 1.26 bits per heavy atom. The fourth-order valence-electron chi connectivity index (χ4n) is 2.17. The van der Waals surface area contributed by atoms with E-state index in [1.807, 2.05) is 36.1 Å². The van der Waals surface area contributed by atoms with E-state index in [9.17, 15) is 0 Å². The van der Waals surface area contributed by atoms with Crippen molar-refractivity contribution >= 4 is 11.6 Å². The van der Waals surface area contributed by atoms with Gasteiger partial charge in [0.1, 0.15) is 0 Å². The van der Waals surface area contributed by atoms with Crippen molar-refractivity contribution in [3.8, 4) is 0 Å². The number of halogens is 1. The first-order valence-corrected chi connectivity index (χ1v) is 7.04. The van der Waals surface area contributed by atoms with Crippen molar-refractivity contribution in [1.29, 1.82) is 0 Å². The summed E-state index contributed by atoms with van der Waals surface area (Å²) in [6.45, 7) is 3.03. The first-order valence-electron chi connectivity index (χ1n) is 6.66. The zero-order valence-corrected chi connectivity index (χ0v) is 12.2. The Hall–Kier alpha value is -1.32. The molecule has 1 unspecified atom stereocenters. The van der Waals surface area contributed by atoms with Crippen LogP contribution in [0.2, 0.25) is 5.02 Å². The van der Waals surface area contributed by atoms with Crippen LogP contribution in [-0.2, 0) is 13.6 Å². The van der Waals surface area contributed by atoms with Crippen LogP contribution in [0.4, 0.5) is 0 Å². The van der Waals surface area contributed by atoms with Crippen molar-refractivity contribution in [2.24, 2.45) is 7.05 Å². The Morgan fingerprint density at radius 3 is 2.58 bits per heavy atom. The molecular formula is C15H20ClN3. The Labute approximate surface area is 119 Å². The second-order valence-corrected chi connectivity index (χ2v) is 5.16. The van der Waals surface area contributed by atoms with Gasteiger partial charge in [-0.25, -0.2) is 0 Å². The van der Waals surface area contributed by atoms with Gasteiger partial charge in [-0.1, -0.05) is 37.1 Å². The lowest BCUT2D eigenvalue weighted by Crippen LogP contribution is -2.22. The number of rotatable bonds is 6. The maximum Gasteiger partial charge on any atom is 0.0518 e. The molecule has 0 aliphatic carbocycles. The molecule has 1 heterocycles. The van der Waals surface area contributed by atoms with Gasteiger partial charge in [-0.3, -0.25) is 4.68 Å². The van der Waals surface area contributed by atoms with Gasteiger partial charge < -0.3 is 5.32 Å². The van der Waals surface area contributed by atoms with Gasteiger partial charge in [-0.05, 0) is 30.2 Å². The van der Waals surface area contributed by atoms with E-state index in [0.29, 0.717) is 6.04 Å². The highest BCUT2D eigenvalue weighted by molar-refractivity contribution is 6.30. The molecule has 2 rings (SSSR count). The molecule has 0 saturated carbocycles. The van der Waals surface area contributed by atoms with Crippen LogP contribution in [0.15, 0.2) is 36.5 Å². The normalized spacial score (nSPS) is 12.6. The Morgan fingerprint density at radius 2 is 2.00 bits per heavy atom. The van der Waals surface area contributed by atoms with Gasteiger partial charge in [-0.2, -0.15) is 5.10 Å². The van der Waals surface area contributed by atoms with Crippen LogP contribution in [-0.4, -0.2) is 9.78 Å². The number of benzene rings is 1. The molecule has 1 aromatic carbocycles. The molecule has 0 aliphatic rings. The zero-order valence-electron chi connectivity index (χ0n) is 11.4. The summed E-state index contributed by atoms with van der Waals surface area (Å²) in [6, 6.07) is 10.5. The summed E-state index contributed by atoms with van der Waals surface area (Å²) in [5.41, 5.74) is 2.48. The minimum atomic E-state index is 0.358. The molecular weight excluding hydrogens is 258 g/mol. The minimum absolute atomic E-state index is 0.358. The molecule has 1 atom stereocenters. The number of aryl methyl sites for hydroxylation is 1. The number of nitrogens with one attached hydrogen (secondary N) is 1. The second-order valence-electron chi connectivity index (χ2n) is 4.72. The summed E-state index contributed by atoms with van der Waals surface area (Å²) >= 11 is 5.94. The summed E-state index contributed by atoms with van der Waals surface area (Å²) in [6.07, 6.45) is 4.08. The molecule has 0 radical (unpaired) electrons. The third-order valence-corrected chi connectivity index (χ3v) is 3.55. The van der Waals surface area contributed by atoms with Crippen molar-refractivity contribution in [2.75, 3.05) is 0 Å². The average Bonchev–Trinajstić information content (AvgIpc) is 2.81. The van der Waals surface area contributed by atoms with E-state index in [1.54, 1.807) is 0 Å². The smallest absolute Gasteiger partial charge is 0.0518 e. The van der Waals surface area contributed by atoms with Crippen LogP contribution in [0.3, 0.4) is 0 Å². The maximum atomic E-state index is 5.94. The van der Waals surface area contributed by atoms with Crippen molar-refractivity contribution in [3.63, 3.8) is 0 Å². The number of aromatic nitrogens is 2. The van der Waals surface area contributed by atoms with E-state index in [4.69, 9.17) is 11.6 Å². The molecule has 0 amide bonds. The van der Waals surface area contributed by atoms with Crippen molar-refractivity contribution in [3.05, 3.63) is 52.8 Å². The molecule has 1 N–H and O–H groups in total. The van der Waals surface area contributed by atoms with E-state index in [2.05, 4.69) is 29.5 Å². The highest BCUT2D eigenvalue weighted by atomic mass is 35.5. The minimum Gasteiger partial charge on any atom is -0.304 e. The van der Waals surface area contributed by atoms with E-state index < -0.39 is 0 Å². The largest absolute Gasteiger partial charge is 0.304 e. The monoisotopic (exact) mass is 277 g/mol. The number of nitrogens with zero attached hydrogens (tertiary/aromatic N) is 2. The highest BCUT2D eigenvalue weighted by Crippen LogP contribution is 2.21. The third-order valence-electron chi connectivity index (χ3n) is 3.30. The predicted molar refractivity (Wildman–Crippen MR) is 79.1 cm³/mol. The van der Waals surface area contributed by atoms with Gasteiger partial charge in [0, 0.05) is 30.9 Å². The quantitative estimate of drug-likeness (QED) is 0.872. The van der Waals surface area contributed by atoms with E-state index in [-0.39, 0.29) is 0 Å². The Balaban J connectivity index is 2.04. The molecule has 0 aliphatic heterocycles. The molecule has 0 fully saturated rings. The Kier molecular flexibility index (Phi) is 5.00. The predicted octanol–water partition coefficient (Wildman–Crippen LogP) is 3.70. The van der Waals surface area contributed by atoms with Gasteiger partial charge >= 0.3 is 0 Å². The molecule has 2 aromatic rings. The summed E-state index contributed by atoms with van der Waals surface area (Å²) < 4.78 is 1.90. The Bertz CT molecular complexity index is 504. The highest BCUT2D eigenvalue weighted by Gasteiger charge is 2.10. The fraction of sp³-hybridized carbons (Fsp3) is 0.400. The molecule has 4 heteroatoms. The van der Waals surface area contributed by atoms with E-state index in [1.165, 1.54) is 11.3 Å².